The molecule has 16 heavy (non-hydrogen) atoms. The molecule has 0 amide bonds. The Bertz CT molecular complexity index is 218. The fourth-order valence-corrected chi connectivity index (χ4v) is 2.76. The number of likely N-dealkylation sites (N-methyl/N-ethyl adjacent to an activating group) is 1. The maximum absolute atomic E-state index is 10.4. The highest BCUT2D eigenvalue weighted by Crippen LogP contribution is 2.17. The molecule has 4 nitrogen and oxygen atoms in total. The van der Waals surface area contributed by atoms with Gasteiger partial charge >= 0.3 is 0 Å². The van der Waals surface area contributed by atoms with Crippen LogP contribution in [0.4, 0.5) is 0 Å². The van der Waals surface area contributed by atoms with Gasteiger partial charge in [0, 0.05) is 45.3 Å². The summed E-state index contributed by atoms with van der Waals surface area (Å²) in [6, 6.07) is 0.761. The smallest absolute Gasteiger partial charge is 0.133 e. The van der Waals surface area contributed by atoms with Crippen LogP contribution in [0.5, 0.6) is 0 Å². The molecular formula is C12H23N3O. The number of rotatable bonds is 3. The van der Waals surface area contributed by atoms with E-state index in [9.17, 15) is 4.79 Å². The van der Waals surface area contributed by atoms with Gasteiger partial charge in [-0.15, -0.1) is 0 Å². The molecule has 0 aromatic rings. The number of piperazine rings is 1. The van der Waals surface area contributed by atoms with Gasteiger partial charge in [0.25, 0.3) is 0 Å². The molecule has 0 saturated carbocycles. The Hall–Kier alpha value is -0.450. The van der Waals surface area contributed by atoms with Crippen LogP contribution in [0.3, 0.4) is 0 Å². The summed E-state index contributed by atoms with van der Waals surface area (Å²) in [4.78, 5) is 17.7. The first-order valence-electron chi connectivity index (χ1n) is 6.38. The molecule has 2 aliphatic rings. The summed E-state index contributed by atoms with van der Waals surface area (Å²) in [5.41, 5.74) is 0. The van der Waals surface area contributed by atoms with Gasteiger partial charge in [0.05, 0.1) is 6.54 Å². The standard InChI is InChI=1S/C12H23N3O/c1-13-6-8-15(9-7-13)12-2-4-14(5-3-12)10-11-16/h11-12H,2-10H2,1H3. The predicted octanol–water partition coefficient (Wildman–Crippen LogP) is -0.103. The number of aldehydes is 1. The monoisotopic (exact) mass is 225 g/mol. The van der Waals surface area contributed by atoms with Crippen LogP contribution < -0.4 is 0 Å². The zero-order chi connectivity index (χ0) is 11.4. The van der Waals surface area contributed by atoms with E-state index in [1.54, 1.807) is 0 Å². The minimum absolute atomic E-state index is 0.620. The molecule has 2 aliphatic heterocycles. The average molecular weight is 225 g/mol. The second-order valence-corrected chi connectivity index (χ2v) is 5.04. The number of nitrogens with zero attached hydrogens (tertiary/aromatic N) is 3. The van der Waals surface area contributed by atoms with Crippen LogP contribution in [0.1, 0.15) is 12.8 Å². The highest BCUT2D eigenvalue weighted by atomic mass is 16.1. The summed E-state index contributed by atoms with van der Waals surface area (Å²) in [6.07, 6.45) is 3.49. The Morgan fingerprint density at radius 1 is 1.06 bits per heavy atom. The van der Waals surface area contributed by atoms with Crippen LogP contribution in [-0.2, 0) is 4.79 Å². The van der Waals surface area contributed by atoms with Crippen LogP contribution in [0.15, 0.2) is 0 Å². The van der Waals surface area contributed by atoms with Crippen molar-refractivity contribution in [3.63, 3.8) is 0 Å². The number of carbonyl (C=O) groups excluding carboxylic acids is 1. The van der Waals surface area contributed by atoms with Crippen molar-refractivity contribution in [2.24, 2.45) is 0 Å². The first-order valence-corrected chi connectivity index (χ1v) is 6.38. The van der Waals surface area contributed by atoms with E-state index in [-0.39, 0.29) is 0 Å². The number of hydrogen-bond acceptors (Lipinski definition) is 4. The summed E-state index contributed by atoms with van der Waals surface area (Å²) in [5.74, 6) is 0. The van der Waals surface area contributed by atoms with Crippen LogP contribution in [0, 0.1) is 0 Å². The average Bonchev–Trinajstić information content (AvgIpc) is 2.32. The molecule has 4 heteroatoms. The first kappa shape index (κ1) is 12.0. The molecule has 0 aromatic carbocycles. The van der Waals surface area contributed by atoms with E-state index in [2.05, 4.69) is 21.7 Å². The van der Waals surface area contributed by atoms with Crippen molar-refractivity contribution in [2.75, 3.05) is 52.9 Å². The third-order valence-electron chi connectivity index (χ3n) is 3.94. The fraction of sp³-hybridized carbons (Fsp3) is 0.917. The molecule has 2 heterocycles. The van der Waals surface area contributed by atoms with Gasteiger partial charge < -0.3 is 9.69 Å². The molecule has 0 aromatic heterocycles. The van der Waals surface area contributed by atoms with Crippen molar-refractivity contribution in [2.45, 2.75) is 18.9 Å². The Labute approximate surface area is 98.2 Å². The van der Waals surface area contributed by atoms with Crippen molar-refractivity contribution < 1.29 is 4.79 Å². The third kappa shape index (κ3) is 3.03. The van der Waals surface area contributed by atoms with Gasteiger partial charge in [-0.1, -0.05) is 0 Å². The Morgan fingerprint density at radius 3 is 2.25 bits per heavy atom. The van der Waals surface area contributed by atoms with Gasteiger partial charge in [0.1, 0.15) is 6.29 Å². The number of likely N-dealkylation sites (tertiary alicyclic amines) is 1. The Kier molecular flexibility index (Phi) is 4.32. The lowest BCUT2D eigenvalue weighted by Crippen LogP contribution is -2.52. The van der Waals surface area contributed by atoms with Gasteiger partial charge in [0.2, 0.25) is 0 Å². The molecule has 2 rings (SSSR count). The van der Waals surface area contributed by atoms with E-state index < -0.39 is 0 Å². The van der Waals surface area contributed by atoms with Crippen molar-refractivity contribution in [1.29, 1.82) is 0 Å². The minimum Gasteiger partial charge on any atom is -0.304 e. The maximum atomic E-state index is 10.4. The number of hydrogen-bond donors (Lipinski definition) is 0. The first-order chi connectivity index (χ1) is 7.79. The van der Waals surface area contributed by atoms with Gasteiger partial charge in [-0.2, -0.15) is 0 Å². The van der Waals surface area contributed by atoms with Crippen LogP contribution >= 0.6 is 0 Å². The summed E-state index contributed by atoms with van der Waals surface area (Å²) in [7, 11) is 2.20. The van der Waals surface area contributed by atoms with Crippen molar-refractivity contribution in [3.8, 4) is 0 Å². The minimum atomic E-state index is 0.620. The van der Waals surface area contributed by atoms with Crippen molar-refractivity contribution in [3.05, 3.63) is 0 Å². The topological polar surface area (TPSA) is 26.8 Å². The molecule has 92 valence electrons. The fourth-order valence-electron chi connectivity index (χ4n) is 2.76. The highest BCUT2D eigenvalue weighted by molar-refractivity contribution is 5.51. The number of carbonyl (C=O) groups is 1. The largest absolute Gasteiger partial charge is 0.304 e. The van der Waals surface area contributed by atoms with Gasteiger partial charge in [-0.05, 0) is 19.9 Å². The normalized spacial score (nSPS) is 27.1. The predicted molar refractivity (Wildman–Crippen MR) is 64.6 cm³/mol. The second-order valence-electron chi connectivity index (χ2n) is 5.04. The molecule has 0 bridgehead atoms. The quantitative estimate of drug-likeness (QED) is 0.627. The van der Waals surface area contributed by atoms with E-state index in [1.165, 1.54) is 39.0 Å². The van der Waals surface area contributed by atoms with Gasteiger partial charge in [-0.3, -0.25) is 9.80 Å². The van der Waals surface area contributed by atoms with E-state index in [0.717, 1.165) is 25.4 Å². The van der Waals surface area contributed by atoms with Crippen LogP contribution in [-0.4, -0.2) is 79.9 Å². The third-order valence-corrected chi connectivity index (χ3v) is 3.94. The molecule has 0 aliphatic carbocycles. The summed E-state index contributed by atoms with van der Waals surface area (Å²) in [6.45, 7) is 7.65. The SMILES string of the molecule is CN1CCN(C2CCN(CC=O)CC2)CC1. The highest BCUT2D eigenvalue weighted by Gasteiger charge is 2.26. The zero-order valence-electron chi connectivity index (χ0n) is 10.3. The molecule has 0 unspecified atom stereocenters. The van der Waals surface area contributed by atoms with Crippen LogP contribution in [0.25, 0.3) is 0 Å². The molecule has 0 spiro atoms. The lowest BCUT2D eigenvalue weighted by atomic mass is 10.0. The molecule has 0 N–H and O–H groups in total. The summed E-state index contributed by atoms with van der Waals surface area (Å²) >= 11 is 0. The van der Waals surface area contributed by atoms with Gasteiger partial charge in [-0.25, -0.2) is 0 Å². The lowest BCUT2D eigenvalue weighted by Gasteiger charge is -2.41. The van der Waals surface area contributed by atoms with Crippen molar-refractivity contribution in [1.82, 2.24) is 14.7 Å². The zero-order valence-corrected chi connectivity index (χ0v) is 10.3. The molecule has 0 atom stereocenters. The van der Waals surface area contributed by atoms with E-state index in [0.29, 0.717) is 6.54 Å². The van der Waals surface area contributed by atoms with Gasteiger partial charge in [0.15, 0.2) is 0 Å². The second kappa shape index (κ2) is 5.75. The number of piperidine rings is 1. The summed E-state index contributed by atoms with van der Waals surface area (Å²) in [5, 5.41) is 0. The Morgan fingerprint density at radius 2 is 1.69 bits per heavy atom. The molecule has 2 saturated heterocycles. The molecule has 0 radical (unpaired) electrons. The van der Waals surface area contributed by atoms with E-state index in [4.69, 9.17) is 0 Å². The van der Waals surface area contributed by atoms with Crippen molar-refractivity contribution >= 4 is 6.29 Å². The molecular weight excluding hydrogens is 202 g/mol. The summed E-state index contributed by atoms with van der Waals surface area (Å²) < 4.78 is 0. The lowest BCUT2D eigenvalue weighted by molar-refractivity contribution is -0.109. The Balaban J connectivity index is 1.74. The molecule has 2 fully saturated rings. The maximum Gasteiger partial charge on any atom is 0.133 e. The van der Waals surface area contributed by atoms with E-state index >= 15 is 0 Å². The van der Waals surface area contributed by atoms with E-state index in [1.807, 2.05) is 0 Å². The van der Waals surface area contributed by atoms with Crippen LogP contribution in [0.2, 0.25) is 0 Å².